The van der Waals surface area contributed by atoms with Gasteiger partial charge in [-0.2, -0.15) is 0 Å². The minimum absolute atomic E-state index is 0.00273. The first-order chi connectivity index (χ1) is 18.9. The standard InChI is InChI=1S/C27H36O13/c1-26(13-8-17(39-24(13)35)27(2)12(23(34)36-3)5-4-6-16(26)27)9-14(11-7-18(29)40-22(11)33)37-25-21(32)20(31)19(30)15(10-28)38-25/h5,7,13-17,19-22,25,28,30-33H,4,6,8-10H2,1-3H3. The maximum Gasteiger partial charge on any atom is 0.334 e. The van der Waals surface area contributed by atoms with Crippen LogP contribution in [0.15, 0.2) is 23.3 Å². The van der Waals surface area contributed by atoms with Crippen LogP contribution in [-0.2, 0) is 38.1 Å². The summed E-state index contributed by atoms with van der Waals surface area (Å²) in [5, 5.41) is 51.3. The summed E-state index contributed by atoms with van der Waals surface area (Å²) in [6.45, 7) is 3.07. The van der Waals surface area contributed by atoms with E-state index in [0.717, 1.165) is 6.08 Å². The summed E-state index contributed by atoms with van der Waals surface area (Å²) in [5.41, 5.74) is -1.39. The van der Waals surface area contributed by atoms with Gasteiger partial charge in [0.2, 0.25) is 6.29 Å². The molecule has 222 valence electrons. The van der Waals surface area contributed by atoms with Crippen LogP contribution in [0.4, 0.5) is 0 Å². The second-order valence-electron chi connectivity index (χ2n) is 11.7. The van der Waals surface area contributed by atoms with Gasteiger partial charge in [-0.1, -0.05) is 19.9 Å². The Balaban J connectivity index is 1.54. The lowest BCUT2D eigenvalue weighted by atomic mass is 9.46. The van der Waals surface area contributed by atoms with E-state index in [1.54, 1.807) is 0 Å². The molecule has 40 heavy (non-hydrogen) atoms. The Bertz CT molecular complexity index is 1120. The molecule has 2 aliphatic carbocycles. The van der Waals surface area contributed by atoms with Gasteiger partial charge in [-0.25, -0.2) is 9.59 Å². The first-order valence-corrected chi connectivity index (χ1v) is 13.4. The number of carbonyl (C=O) groups excluding carboxylic acids is 3. The third kappa shape index (κ3) is 4.39. The fourth-order valence-corrected chi connectivity index (χ4v) is 7.60. The molecule has 5 aliphatic rings. The number of aliphatic hydroxyl groups is 5. The lowest BCUT2D eigenvalue weighted by Gasteiger charge is -2.56. The highest BCUT2D eigenvalue weighted by atomic mass is 16.7. The van der Waals surface area contributed by atoms with Crippen LogP contribution in [0.1, 0.15) is 39.5 Å². The minimum atomic E-state index is -1.75. The van der Waals surface area contributed by atoms with Gasteiger partial charge in [-0.05, 0) is 37.0 Å². The molecule has 3 fully saturated rings. The number of cyclic esters (lactones) is 1. The second-order valence-corrected chi connectivity index (χ2v) is 11.7. The lowest BCUT2D eigenvalue weighted by molar-refractivity contribution is -0.312. The highest BCUT2D eigenvalue weighted by molar-refractivity contribution is 5.91. The SMILES string of the molecule is COC(=O)C1=CCCC2C(C)(CC(OC3OC(CO)C(O)C(O)C3O)C3=CC(=O)OC3O)C3CC(OC3=O)C12C. The molecule has 3 aliphatic heterocycles. The monoisotopic (exact) mass is 568 g/mol. The Morgan fingerprint density at radius 1 is 1.12 bits per heavy atom. The molecule has 12 atom stereocenters. The average molecular weight is 569 g/mol. The molecule has 0 aromatic carbocycles. The first-order valence-electron chi connectivity index (χ1n) is 13.4. The molecule has 3 heterocycles. The van der Waals surface area contributed by atoms with Crippen molar-refractivity contribution in [2.45, 2.75) is 88.7 Å². The number of hydrogen-bond donors (Lipinski definition) is 5. The molecule has 2 saturated heterocycles. The van der Waals surface area contributed by atoms with E-state index in [-0.39, 0.29) is 17.9 Å². The molecular formula is C27H36O13. The number of aliphatic hydroxyl groups excluding tert-OH is 5. The molecule has 5 N–H and O–H groups in total. The molecule has 0 aromatic heterocycles. The van der Waals surface area contributed by atoms with Crippen molar-refractivity contribution >= 4 is 17.9 Å². The van der Waals surface area contributed by atoms with Gasteiger partial charge < -0.3 is 49.2 Å². The number of carbonyl (C=O) groups is 3. The van der Waals surface area contributed by atoms with Crippen molar-refractivity contribution in [2.75, 3.05) is 13.7 Å². The molecule has 2 bridgehead atoms. The summed E-state index contributed by atoms with van der Waals surface area (Å²) in [6, 6.07) is 0. The summed E-state index contributed by atoms with van der Waals surface area (Å²) < 4.78 is 27.4. The predicted octanol–water partition coefficient (Wildman–Crippen LogP) is -1.17. The quantitative estimate of drug-likeness (QED) is 0.182. The number of fused-ring (bicyclic) bond motifs is 4. The van der Waals surface area contributed by atoms with Crippen molar-refractivity contribution in [3.63, 3.8) is 0 Å². The fourth-order valence-electron chi connectivity index (χ4n) is 7.60. The maximum atomic E-state index is 13.2. The van der Waals surface area contributed by atoms with Gasteiger partial charge in [0, 0.05) is 22.6 Å². The van der Waals surface area contributed by atoms with E-state index in [0.29, 0.717) is 24.8 Å². The van der Waals surface area contributed by atoms with Crippen LogP contribution in [0.25, 0.3) is 0 Å². The normalized spacial score (nSPS) is 45.1. The van der Waals surface area contributed by atoms with E-state index < -0.39 is 90.5 Å². The fraction of sp³-hybridized carbons (Fsp3) is 0.741. The predicted molar refractivity (Wildman–Crippen MR) is 130 cm³/mol. The van der Waals surface area contributed by atoms with Crippen LogP contribution in [0.3, 0.4) is 0 Å². The van der Waals surface area contributed by atoms with Gasteiger partial charge in [0.1, 0.15) is 30.5 Å². The molecule has 0 amide bonds. The molecule has 0 radical (unpaired) electrons. The minimum Gasteiger partial charge on any atom is -0.466 e. The highest BCUT2D eigenvalue weighted by Crippen LogP contribution is 2.66. The van der Waals surface area contributed by atoms with Crippen LogP contribution in [0, 0.1) is 22.7 Å². The zero-order valence-electron chi connectivity index (χ0n) is 22.5. The van der Waals surface area contributed by atoms with Crippen LogP contribution in [-0.4, -0.2) is 106 Å². The first kappa shape index (κ1) is 29.1. The summed E-state index contributed by atoms with van der Waals surface area (Å²) in [7, 11) is 1.29. The Kier molecular flexibility index (Phi) is 7.62. The Morgan fingerprint density at radius 2 is 1.85 bits per heavy atom. The summed E-state index contributed by atoms with van der Waals surface area (Å²) >= 11 is 0. The number of ether oxygens (including phenoxy) is 5. The molecule has 0 spiro atoms. The molecule has 13 heteroatoms. The number of hydrogen-bond acceptors (Lipinski definition) is 13. The Morgan fingerprint density at radius 3 is 2.48 bits per heavy atom. The van der Waals surface area contributed by atoms with Crippen LogP contribution in [0.5, 0.6) is 0 Å². The van der Waals surface area contributed by atoms with Crippen molar-refractivity contribution < 1.29 is 63.6 Å². The van der Waals surface area contributed by atoms with Crippen molar-refractivity contribution in [2.24, 2.45) is 22.7 Å². The third-order valence-electron chi connectivity index (χ3n) is 9.71. The van der Waals surface area contributed by atoms with Gasteiger partial charge in [-0.15, -0.1) is 0 Å². The van der Waals surface area contributed by atoms with Gasteiger partial charge in [-0.3, -0.25) is 4.79 Å². The maximum absolute atomic E-state index is 13.2. The lowest BCUT2D eigenvalue weighted by Crippen LogP contribution is -2.60. The van der Waals surface area contributed by atoms with Gasteiger partial charge in [0.05, 0.1) is 25.7 Å². The Labute approximate surface area is 230 Å². The van der Waals surface area contributed by atoms with E-state index in [1.165, 1.54) is 7.11 Å². The third-order valence-corrected chi connectivity index (χ3v) is 9.71. The zero-order chi connectivity index (χ0) is 29.1. The van der Waals surface area contributed by atoms with Crippen LogP contribution < -0.4 is 0 Å². The summed E-state index contributed by atoms with van der Waals surface area (Å²) in [4.78, 5) is 38.2. The number of allylic oxidation sites excluding steroid dienone is 1. The number of methoxy groups -OCH3 is 1. The molecule has 13 nitrogen and oxygen atoms in total. The smallest absolute Gasteiger partial charge is 0.334 e. The molecular weight excluding hydrogens is 532 g/mol. The molecule has 0 aromatic rings. The van der Waals surface area contributed by atoms with E-state index in [2.05, 4.69) is 0 Å². The summed E-state index contributed by atoms with van der Waals surface area (Å²) in [5.74, 6) is -2.68. The van der Waals surface area contributed by atoms with E-state index in [1.807, 2.05) is 19.9 Å². The van der Waals surface area contributed by atoms with E-state index >= 15 is 0 Å². The average Bonchev–Trinajstić information content (AvgIpc) is 3.47. The van der Waals surface area contributed by atoms with E-state index in [4.69, 9.17) is 23.7 Å². The van der Waals surface area contributed by atoms with Crippen molar-refractivity contribution in [3.8, 4) is 0 Å². The molecule has 5 rings (SSSR count). The van der Waals surface area contributed by atoms with Crippen LogP contribution >= 0.6 is 0 Å². The van der Waals surface area contributed by atoms with Crippen molar-refractivity contribution in [1.29, 1.82) is 0 Å². The van der Waals surface area contributed by atoms with E-state index in [9.17, 15) is 39.9 Å². The second kappa shape index (κ2) is 10.5. The van der Waals surface area contributed by atoms with Crippen molar-refractivity contribution in [3.05, 3.63) is 23.3 Å². The molecule has 12 unspecified atom stereocenters. The van der Waals surface area contributed by atoms with Gasteiger partial charge in [0.15, 0.2) is 6.29 Å². The largest absolute Gasteiger partial charge is 0.466 e. The van der Waals surface area contributed by atoms with Gasteiger partial charge >= 0.3 is 17.9 Å². The number of esters is 3. The highest BCUT2D eigenvalue weighted by Gasteiger charge is 2.68. The zero-order valence-corrected chi connectivity index (χ0v) is 22.5. The Hall–Kier alpha value is -2.39. The van der Waals surface area contributed by atoms with Gasteiger partial charge in [0.25, 0.3) is 0 Å². The summed E-state index contributed by atoms with van der Waals surface area (Å²) in [6.07, 6.45) is -7.01. The topological polar surface area (TPSA) is 199 Å². The number of rotatable bonds is 7. The van der Waals surface area contributed by atoms with Crippen molar-refractivity contribution in [1.82, 2.24) is 0 Å². The molecule has 1 saturated carbocycles. The van der Waals surface area contributed by atoms with Crippen LogP contribution in [0.2, 0.25) is 0 Å².